The predicted molar refractivity (Wildman–Crippen MR) is 86.5 cm³/mol. The second-order valence-electron chi connectivity index (χ2n) is 4.92. The van der Waals surface area contributed by atoms with Crippen LogP contribution in [0.15, 0.2) is 40.9 Å². The number of benzene rings is 1. The van der Waals surface area contributed by atoms with Gasteiger partial charge in [-0.05, 0) is 52.7 Å². The first-order valence-electron chi connectivity index (χ1n) is 6.64. The molecule has 0 N–H and O–H groups in total. The number of hydrogen-bond donors (Lipinski definition) is 0. The summed E-state index contributed by atoms with van der Waals surface area (Å²) in [7, 11) is 1.57. The van der Waals surface area contributed by atoms with Gasteiger partial charge in [0.05, 0.1) is 17.2 Å². The van der Waals surface area contributed by atoms with Crippen LogP contribution >= 0.6 is 15.9 Å². The van der Waals surface area contributed by atoms with Gasteiger partial charge in [-0.15, -0.1) is 0 Å². The molecule has 1 aromatic carbocycles. The molecule has 0 spiro atoms. The van der Waals surface area contributed by atoms with Crippen LogP contribution < -0.4 is 4.74 Å². The molecule has 1 aliphatic carbocycles. The van der Waals surface area contributed by atoms with Gasteiger partial charge in [0.25, 0.3) is 0 Å². The summed E-state index contributed by atoms with van der Waals surface area (Å²) in [5.74, 6) is 0.205. The molecule has 3 rings (SSSR count). The maximum Gasteiger partial charge on any atom is 0.219 e. The number of nitrogens with zero attached hydrogens (tertiary/aromatic N) is 1. The number of aromatic nitrogens is 1. The summed E-state index contributed by atoms with van der Waals surface area (Å²) in [5, 5.41) is 0. The fourth-order valence-corrected chi connectivity index (χ4v) is 2.98. The maximum atomic E-state index is 12.7. The Morgan fingerprint density at radius 1 is 1.00 bits per heavy atom. The number of ketones is 2. The standard InChI is InChI=1S/C17H12BrNO3/c1-9-3-8-12-15(19-9)17(21)14(18)13(16(12)20)10-4-6-11(22-2)7-5-10/h3-8H,1-2H3. The number of carbonyl (C=O) groups is 2. The van der Waals surface area contributed by atoms with Crippen molar-refractivity contribution in [3.63, 3.8) is 0 Å². The molecule has 0 aliphatic heterocycles. The highest BCUT2D eigenvalue weighted by Crippen LogP contribution is 2.35. The lowest BCUT2D eigenvalue weighted by atomic mass is 9.88. The van der Waals surface area contributed by atoms with Crippen LogP contribution in [0.1, 0.15) is 32.1 Å². The van der Waals surface area contributed by atoms with Gasteiger partial charge in [-0.1, -0.05) is 12.1 Å². The molecular weight excluding hydrogens is 346 g/mol. The molecule has 1 aliphatic rings. The van der Waals surface area contributed by atoms with Gasteiger partial charge >= 0.3 is 0 Å². The first kappa shape index (κ1) is 14.7. The molecule has 0 saturated carbocycles. The fourth-order valence-electron chi connectivity index (χ4n) is 2.38. The third-order valence-corrected chi connectivity index (χ3v) is 4.28. The Labute approximate surface area is 136 Å². The smallest absolute Gasteiger partial charge is 0.219 e. The van der Waals surface area contributed by atoms with Gasteiger partial charge in [-0.2, -0.15) is 0 Å². The van der Waals surface area contributed by atoms with Crippen LogP contribution in [0.2, 0.25) is 0 Å². The number of halogens is 1. The van der Waals surface area contributed by atoms with E-state index in [9.17, 15) is 9.59 Å². The molecule has 0 fully saturated rings. The monoisotopic (exact) mass is 357 g/mol. The minimum Gasteiger partial charge on any atom is -0.497 e. The number of pyridine rings is 1. The zero-order valence-electron chi connectivity index (χ0n) is 12.0. The molecule has 0 atom stereocenters. The summed E-state index contributed by atoms with van der Waals surface area (Å²) in [5.41, 5.74) is 2.26. The van der Waals surface area contributed by atoms with Crippen molar-refractivity contribution in [1.29, 1.82) is 0 Å². The predicted octanol–water partition coefficient (Wildman–Crippen LogP) is 3.58. The SMILES string of the molecule is COc1ccc(C2=C(Br)C(=O)c3nc(C)ccc3C2=O)cc1. The van der Waals surface area contributed by atoms with Crippen molar-refractivity contribution in [2.45, 2.75) is 6.92 Å². The Kier molecular flexibility index (Phi) is 3.66. The highest BCUT2D eigenvalue weighted by Gasteiger charge is 2.32. The Hall–Kier alpha value is -2.27. The van der Waals surface area contributed by atoms with E-state index in [-0.39, 0.29) is 21.7 Å². The number of methoxy groups -OCH3 is 1. The number of hydrogen-bond acceptors (Lipinski definition) is 4. The van der Waals surface area contributed by atoms with Crippen molar-refractivity contribution < 1.29 is 14.3 Å². The minimum atomic E-state index is -0.274. The molecular formula is C17H12BrNO3. The van der Waals surface area contributed by atoms with Gasteiger partial charge in [0.15, 0.2) is 5.78 Å². The molecule has 22 heavy (non-hydrogen) atoms. The van der Waals surface area contributed by atoms with Crippen LogP contribution in [0.3, 0.4) is 0 Å². The average molecular weight is 358 g/mol. The van der Waals surface area contributed by atoms with E-state index >= 15 is 0 Å². The van der Waals surface area contributed by atoms with Crippen LogP contribution in [-0.4, -0.2) is 23.7 Å². The highest BCUT2D eigenvalue weighted by atomic mass is 79.9. The lowest BCUT2D eigenvalue weighted by Crippen LogP contribution is -2.21. The molecule has 0 bridgehead atoms. The van der Waals surface area contributed by atoms with Crippen LogP contribution in [0.25, 0.3) is 5.57 Å². The van der Waals surface area contributed by atoms with E-state index in [1.807, 2.05) is 0 Å². The van der Waals surface area contributed by atoms with Crippen molar-refractivity contribution in [2.75, 3.05) is 7.11 Å². The van der Waals surface area contributed by atoms with E-state index in [0.29, 0.717) is 28.1 Å². The van der Waals surface area contributed by atoms with Gasteiger partial charge < -0.3 is 4.74 Å². The highest BCUT2D eigenvalue weighted by molar-refractivity contribution is 9.12. The zero-order valence-corrected chi connectivity index (χ0v) is 13.6. The Morgan fingerprint density at radius 3 is 2.32 bits per heavy atom. The maximum absolute atomic E-state index is 12.7. The quantitative estimate of drug-likeness (QED) is 0.824. The molecule has 2 aromatic rings. The van der Waals surface area contributed by atoms with Gasteiger partial charge in [0.2, 0.25) is 5.78 Å². The largest absolute Gasteiger partial charge is 0.497 e. The zero-order chi connectivity index (χ0) is 15.9. The first-order valence-corrected chi connectivity index (χ1v) is 7.43. The van der Waals surface area contributed by atoms with E-state index in [2.05, 4.69) is 20.9 Å². The number of Topliss-reactive ketones (excluding diaryl/α,β-unsaturated/α-hetero) is 2. The normalized spacial score (nSPS) is 14.1. The van der Waals surface area contributed by atoms with Crippen molar-refractivity contribution in [3.8, 4) is 5.75 Å². The Bertz CT molecular complexity index is 822. The minimum absolute atomic E-state index is 0.203. The lowest BCUT2D eigenvalue weighted by Gasteiger charge is -2.18. The first-order chi connectivity index (χ1) is 10.5. The molecule has 1 heterocycles. The van der Waals surface area contributed by atoms with Crippen molar-refractivity contribution in [3.05, 3.63) is 63.4 Å². The molecule has 0 radical (unpaired) electrons. The summed E-state index contributed by atoms with van der Waals surface area (Å²) in [6.45, 7) is 1.79. The van der Waals surface area contributed by atoms with E-state index in [1.165, 1.54) is 0 Å². The van der Waals surface area contributed by atoms with Crippen molar-refractivity contribution in [2.24, 2.45) is 0 Å². The van der Waals surface area contributed by atoms with Gasteiger partial charge in [0.1, 0.15) is 11.4 Å². The summed E-state index contributed by atoms with van der Waals surface area (Å²) >= 11 is 3.27. The van der Waals surface area contributed by atoms with Crippen LogP contribution in [0.5, 0.6) is 5.75 Å². The second-order valence-corrected chi connectivity index (χ2v) is 5.72. The van der Waals surface area contributed by atoms with Crippen LogP contribution in [0, 0.1) is 6.92 Å². The molecule has 0 amide bonds. The Morgan fingerprint density at radius 2 is 1.68 bits per heavy atom. The van der Waals surface area contributed by atoms with E-state index < -0.39 is 0 Å². The molecule has 1 aromatic heterocycles. The molecule has 0 unspecified atom stereocenters. The average Bonchev–Trinajstić information content (AvgIpc) is 2.53. The summed E-state index contributed by atoms with van der Waals surface area (Å²) in [6, 6.07) is 10.4. The van der Waals surface area contributed by atoms with Crippen LogP contribution in [-0.2, 0) is 0 Å². The number of rotatable bonds is 2. The number of ether oxygens (including phenoxy) is 1. The molecule has 5 heteroatoms. The Balaban J connectivity index is 2.16. The van der Waals surface area contributed by atoms with E-state index in [0.717, 1.165) is 0 Å². The van der Waals surface area contributed by atoms with E-state index in [1.54, 1.807) is 50.4 Å². The van der Waals surface area contributed by atoms with Gasteiger partial charge in [-0.3, -0.25) is 9.59 Å². The topological polar surface area (TPSA) is 56.3 Å². The van der Waals surface area contributed by atoms with Crippen molar-refractivity contribution in [1.82, 2.24) is 4.98 Å². The van der Waals surface area contributed by atoms with Gasteiger partial charge in [-0.25, -0.2) is 4.98 Å². The van der Waals surface area contributed by atoms with Crippen LogP contribution in [0.4, 0.5) is 0 Å². The fraction of sp³-hybridized carbons (Fsp3) is 0.118. The van der Waals surface area contributed by atoms with Crippen molar-refractivity contribution >= 4 is 33.1 Å². The van der Waals surface area contributed by atoms with Gasteiger partial charge in [0, 0.05) is 11.3 Å². The summed E-state index contributed by atoms with van der Waals surface area (Å²) < 4.78 is 5.35. The number of allylic oxidation sites excluding steroid dienone is 2. The number of carbonyl (C=O) groups excluding carboxylic acids is 2. The molecule has 0 saturated heterocycles. The molecule has 110 valence electrons. The number of aryl methyl sites for hydroxylation is 1. The lowest BCUT2D eigenvalue weighted by molar-refractivity contribution is 0.0995. The van der Waals surface area contributed by atoms with E-state index in [4.69, 9.17) is 4.74 Å². The number of fused-ring (bicyclic) bond motifs is 1. The third kappa shape index (κ3) is 2.27. The summed E-state index contributed by atoms with van der Waals surface area (Å²) in [6.07, 6.45) is 0. The molecule has 4 nitrogen and oxygen atoms in total. The second kappa shape index (κ2) is 5.50. The summed E-state index contributed by atoms with van der Waals surface area (Å²) in [4.78, 5) is 29.4. The third-order valence-electron chi connectivity index (χ3n) is 3.52.